The molecule has 4 nitrogen and oxygen atoms in total. The zero-order chi connectivity index (χ0) is 11.0. The molecule has 0 fully saturated rings. The first-order chi connectivity index (χ1) is 7.88. The number of hydrogen-bond acceptors (Lipinski definition) is 2. The van der Waals surface area contributed by atoms with Crippen LogP contribution in [0.3, 0.4) is 0 Å². The minimum atomic E-state index is 0.810. The number of aromatic amines is 2. The molecule has 0 radical (unpaired) electrons. The zero-order valence-electron chi connectivity index (χ0n) is 8.82. The van der Waals surface area contributed by atoms with Crippen molar-refractivity contribution in [3.8, 4) is 17.1 Å². The highest BCUT2D eigenvalue weighted by atomic mass is 16.5. The molecule has 0 aliphatic rings. The van der Waals surface area contributed by atoms with Gasteiger partial charge >= 0.3 is 0 Å². The summed E-state index contributed by atoms with van der Waals surface area (Å²) in [5, 5.41) is 1.15. The number of nitrogens with zero attached hydrogens (tertiary/aromatic N) is 1. The number of nitrogens with one attached hydrogen (secondary N) is 2. The Kier molecular flexibility index (Phi) is 1.93. The lowest BCUT2D eigenvalue weighted by Gasteiger charge is -2.06. The molecule has 2 N–H and O–H groups in total. The maximum atomic E-state index is 5.37. The summed E-state index contributed by atoms with van der Waals surface area (Å²) in [6.07, 6.45) is 5.45. The summed E-state index contributed by atoms with van der Waals surface area (Å²) in [6, 6.07) is 6.07. The zero-order valence-corrected chi connectivity index (χ0v) is 8.82. The van der Waals surface area contributed by atoms with Gasteiger partial charge in [-0.15, -0.1) is 0 Å². The predicted octanol–water partition coefficient (Wildman–Crippen LogP) is 2.57. The van der Waals surface area contributed by atoms with E-state index in [1.54, 1.807) is 19.5 Å². The summed E-state index contributed by atoms with van der Waals surface area (Å²) in [5.74, 6) is 1.63. The molecule has 0 bridgehead atoms. The number of aromatic nitrogens is 3. The third kappa shape index (κ3) is 1.27. The first-order valence-electron chi connectivity index (χ1n) is 5.03. The number of hydrogen-bond donors (Lipinski definition) is 2. The Morgan fingerprint density at radius 3 is 2.88 bits per heavy atom. The minimum absolute atomic E-state index is 0.810. The van der Waals surface area contributed by atoms with Gasteiger partial charge in [0.2, 0.25) is 0 Å². The van der Waals surface area contributed by atoms with Gasteiger partial charge in [0, 0.05) is 35.6 Å². The molecule has 0 saturated heterocycles. The van der Waals surface area contributed by atoms with Crippen LogP contribution in [0.1, 0.15) is 0 Å². The van der Waals surface area contributed by atoms with Crippen LogP contribution in [0, 0.1) is 0 Å². The summed E-state index contributed by atoms with van der Waals surface area (Å²) in [5.41, 5.74) is 2.03. The molecule has 0 saturated carbocycles. The number of imidazole rings is 1. The van der Waals surface area contributed by atoms with E-state index in [0.717, 1.165) is 28.0 Å². The lowest BCUT2D eigenvalue weighted by atomic mass is 10.1. The van der Waals surface area contributed by atoms with Gasteiger partial charge in [-0.05, 0) is 12.1 Å². The average Bonchev–Trinajstić information content (AvgIpc) is 2.97. The lowest BCUT2D eigenvalue weighted by molar-refractivity contribution is 0.416. The smallest absolute Gasteiger partial charge is 0.141 e. The second-order valence-electron chi connectivity index (χ2n) is 3.56. The number of ether oxygens (including phenoxy) is 1. The molecule has 0 aliphatic carbocycles. The van der Waals surface area contributed by atoms with Crippen molar-refractivity contribution in [3.05, 3.63) is 36.8 Å². The van der Waals surface area contributed by atoms with Crippen LogP contribution in [0.25, 0.3) is 22.3 Å². The minimum Gasteiger partial charge on any atom is -0.496 e. The first kappa shape index (κ1) is 9.03. The van der Waals surface area contributed by atoms with Gasteiger partial charge in [-0.3, -0.25) is 0 Å². The van der Waals surface area contributed by atoms with E-state index in [1.807, 2.05) is 18.3 Å². The molecule has 1 aromatic carbocycles. The van der Waals surface area contributed by atoms with E-state index in [0.29, 0.717) is 0 Å². The number of fused-ring (bicyclic) bond motifs is 1. The van der Waals surface area contributed by atoms with Gasteiger partial charge in [0.1, 0.15) is 11.6 Å². The van der Waals surface area contributed by atoms with Crippen LogP contribution in [-0.4, -0.2) is 22.1 Å². The maximum Gasteiger partial charge on any atom is 0.141 e. The highest BCUT2D eigenvalue weighted by molar-refractivity contribution is 5.87. The van der Waals surface area contributed by atoms with Crippen molar-refractivity contribution in [3.63, 3.8) is 0 Å². The lowest BCUT2D eigenvalue weighted by Crippen LogP contribution is -1.89. The van der Waals surface area contributed by atoms with E-state index in [-0.39, 0.29) is 0 Å². The van der Waals surface area contributed by atoms with Gasteiger partial charge in [-0.2, -0.15) is 0 Å². The van der Waals surface area contributed by atoms with Crippen molar-refractivity contribution >= 4 is 10.9 Å². The van der Waals surface area contributed by atoms with Crippen LogP contribution in [0.4, 0.5) is 0 Å². The Balaban J connectivity index is 2.29. The Hall–Kier alpha value is -2.23. The molecule has 0 amide bonds. The van der Waals surface area contributed by atoms with E-state index < -0.39 is 0 Å². The summed E-state index contributed by atoms with van der Waals surface area (Å²) in [6.45, 7) is 0. The average molecular weight is 213 g/mol. The molecule has 2 aromatic heterocycles. The quantitative estimate of drug-likeness (QED) is 0.687. The second-order valence-corrected chi connectivity index (χ2v) is 3.56. The second kappa shape index (κ2) is 3.41. The summed E-state index contributed by atoms with van der Waals surface area (Å²) in [7, 11) is 1.66. The molecule has 80 valence electrons. The molecule has 3 rings (SSSR count). The largest absolute Gasteiger partial charge is 0.496 e. The Bertz CT molecular complexity index is 610. The van der Waals surface area contributed by atoms with Crippen molar-refractivity contribution in [2.75, 3.05) is 7.11 Å². The molecule has 0 unspecified atom stereocenters. The predicted molar refractivity (Wildman–Crippen MR) is 62.4 cm³/mol. The third-order valence-corrected chi connectivity index (χ3v) is 2.63. The summed E-state index contributed by atoms with van der Waals surface area (Å²) in [4.78, 5) is 10.5. The van der Waals surface area contributed by atoms with Gasteiger partial charge in [0.25, 0.3) is 0 Å². The fourth-order valence-corrected chi connectivity index (χ4v) is 1.85. The standard InChI is InChI=1S/C12H11N3O/c1-16-11-7-10-8(2-3-13-10)6-9(11)12-14-4-5-15-12/h2-7,13H,1H3,(H,14,15). The molecular formula is C12H11N3O. The molecule has 0 spiro atoms. The Morgan fingerprint density at radius 2 is 2.12 bits per heavy atom. The third-order valence-electron chi connectivity index (χ3n) is 2.63. The van der Waals surface area contributed by atoms with Crippen molar-refractivity contribution in [2.24, 2.45) is 0 Å². The number of H-pyrrole nitrogens is 2. The normalized spacial score (nSPS) is 10.8. The molecule has 0 aliphatic heterocycles. The molecule has 0 atom stereocenters. The fraction of sp³-hybridized carbons (Fsp3) is 0.0833. The number of methoxy groups -OCH3 is 1. The monoisotopic (exact) mass is 213 g/mol. The van der Waals surface area contributed by atoms with Crippen LogP contribution >= 0.6 is 0 Å². The maximum absolute atomic E-state index is 5.37. The highest BCUT2D eigenvalue weighted by Crippen LogP contribution is 2.31. The highest BCUT2D eigenvalue weighted by Gasteiger charge is 2.09. The Labute approximate surface area is 92.3 Å². The molecular weight excluding hydrogens is 202 g/mol. The van der Waals surface area contributed by atoms with E-state index in [9.17, 15) is 0 Å². The van der Waals surface area contributed by atoms with Crippen LogP contribution in [0.15, 0.2) is 36.8 Å². The van der Waals surface area contributed by atoms with Crippen molar-refractivity contribution in [1.29, 1.82) is 0 Å². The van der Waals surface area contributed by atoms with Gasteiger partial charge in [-0.1, -0.05) is 0 Å². The Morgan fingerprint density at radius 1 is 1.19 bits per heavy atom. The topological polar surface area (TPSA) is 53.7 Å². The van der Waals surface area contributed by atoms with E-state index in [4.69, 9.17) is 4.74 Å². The van der Waals surface area contributed by atoms with E-state index in [1.165, 1.54) is 0 Å². The van der Waals surface area contributed by atoms with Crippen LogP contribution < -0.4 is 4.74 Å². The summed E-state index contributed by atoms with van der Waals surface area (Å²) >= 11 is 0. The van der Waals surface area contributed by atoms with Crippen molar-refractivity contribution < 1.29 is 4.74 Å². The number of benzene rings is 1. The molecule has 2 heterocycles. The van der Waals surface area contributed by atoms with Crippen LogP contribution in [0.5, 0.6) is 5.75 Å². The van der Waals surface area contributed by atoms with Crippen LogP contribution in [-0.2, 0) is 0 Å². The van der Waals surface area contributed by atoms with Crippen molar-refractivity contribution in [1.82, 2.24) is 15.0 Å². The SMILES string of the molecule is COc1cc2[nH]ccc2cc1-c1ncc[nH]1. The van der Waals surface area contributed by atoms with Gasteiger partial charge < -0.3 is 14.7 Å². The molecule has 4 heteroatoms. The summed E-state index contributed by atoms with van der Waals surface area (Å²) < 4.78 is 5.37. The molecule has 3 aromatic rings. The van der Waals surface area contributed by atoms with E-state index in [2.05, 4.69) is 21.0 Å². The fourth-order valence-electron chi connectivity index (χ4n) is 1.85. The first-order valence-corrected chi connectivity index (χ1v) is 5.03. The van der Waals surface area contributed by atoms with Gasteiger partial charge in [0.05, 0.1) is 12.7 Å². The number of rotatable bonds is 2. The van der Waals surface area contributed by atoms with Crippen molar-refractivity contribution in [2.45, 2.75) is 0 Å². The molecule has 16 heavy (non-hydrogen) atoms. The van der Waals surface area contributed by atoms with E-state index >= 15 is 0 Å². The van der Waals surface area contributed by atoms with Gasteiger partial charge in [-0.25, -0.2) is 4.98 Å². The van der Waals surface area contributed by atoms with Gasteiger partial charge in [0.15, 0.2) is 0 Å². The van der Waals surface area contributed by atoms with Crippen LogP contribution in [0.2, 0.25) is 0 Å².